The molecule has 2 rings (SSSR count). The van der Waals surface area contributed by atoms with E-state index < -0.39 is 5.97 Å². The van der Waals surface area contributed by atoms with Crippen molar-refractivity contribution in [1.82, 2.24) is 4.98 Å². The van der Waals surface area contributed by atoms with Crippen molar-refractivity contribution in [3.8, 4) is 0 Å². The molecule has 1 aromatic rings. The molecule has 22 heavy (non-hydrogen) atoms. The van der Waals surface area contributed by atoms with E-state index in [1.54, 1.807) is 13.8 Å². The van der Waals surface area contributed by atoms with Crippen LogP contribution in [0.2, 0.25) is 0 Å². The lowest BCUT2D eigenvalue weighted by Gasteiger charge is -2.35. The third kappa shape index (κ3) is 3.09. The molecule has 0 atom stereocenters. The first kappa shape index (κ1) is 16.7. The zero-order valence-corrected chi connectivity index (χ0v) is 14.3. The molecule has 5 heteroatoms. The maximum Gasteiger partial charge on any atom is 0.339 e. The van der Waals surface area contributed by atoms with Gasteiger partial charge < -0.3 is 14.2 Å². The maximum absolute atomic E-state index is 12.7. The highest BCUT2D eigenvalue weighted by Gasteiger charge is 2.34. The van der Waals surface area contributed by atoms with Crippen LogP contribution in [0.4, 0.5) is 0 Å². The molecule has 0 spiro atoms. The van der Waals surface area contributed by atoms with Crippen molar-refractivity contribution < 1.29 is 18.8 Å². The molecule has 0 amide bonds. The minimum absolute atomic E-state index is 0.0626. The molecule has 1 fully saturated rings. The minimum atomic E-state index is -0.394. The summed E-state index contributed by atoms with van der Waals surface area (Å²) in [7, 11) is 5.61. The number of aromatic nitrogens is 1. The molecule has 122 valence electrons. The Morgan fingerprint density at radius 2 is 1.82 bits per heavy atom. The summed E-state index contributed by atoms with van der Waals surface area (Å²) in [6, 6.07) is 0.556. The molecule has 1 aliphatic rings. The number of aryl methyl sites for hydroxylation is 1. The third-order valence-corrected chi connectivity index (χ3v) is 4.97. The topological polar surface area (TPSA) is 59.2 Å². The second-order valence-corrected chi connectivity index (χ2v) is 6.91. The van der Waals surface area contributed by atoms with Gasteiger partial charge in [0.05, 0.1) is 38.5 Å². The van der Waals surface area contributed by atoms with Crippen LogP contribution in [0.5, 0.6) is 0 Å². The van der Waals surface area contributed by atoms with Gasteiger partial charge >= 0.3 is 5.97 Å². The smallest absolute Gasteiger partial charge is 0.339 e. The lowest BCUT2D eigenvalue weighted by molar-refractivity contribution is -0.906. The lowest BCUT2D eigenvalue weighted by Crippen LogP contribution is -2.50. The first-order valence-electron chi connectivity index (χ1n) is 7.91. The molecule has 0 unspecified atom stereocenters. The van der Waals surface area contributed by atoms with Crippen LogP contribution < -0.4 is 0 Å². The van der Waals surface area contributed by atoms with Crippen molar-refractivity contribution in [2.45, 2.75) is 45.6 Å². The van der Waals surface area contributed by atoms with Crippen molar-refractivity contribution in [3.63, 3.8) is 0 Å². The summed E-state index contributed by atoms with van der Waals surface area (Å²) in [5, 5.41) is 0. The Bertz CT molecular complexity index is 581. The van der Waals surface area contributed by atoms with E-state index >= 15 is 0 Å². The molecule has 1 saturated carbocycles. The Morgan fingerprint density at radius 1 is 1.23 bits per heavy atom. The van der Waals surface area contributed by atoms with Gasteiger partial charge in [0.25, 0.3) is 0 Å². The number of aromatic amines is 1. The summed E-state index contributed by atoms with van der Waals surface area (Å²) < 4.78 is 5.51. The molecule has 0 aromatic carbocycles. The van der Waals surface area contributed by atoms with E-state index in [0.29, 0.717) is 39.6 Å². The van der Waals surface area contributed by atoms with Crippen molar-refractivity contribution in [3.05, 3.63) is 22.5 Å². The largest absolute Gasteiger partial charge is 0.465 e. The molecule has 0 bridgehead atoms. The minimum Gasteiger partial charge on any atom is -0.465 e. The number of nitrogens with zero attached hydrogens (tertiary/aromatic N) is 1. The number of hydrogen-bond donors (Lipinski definition) is 1. The zero-order valence-electron chi connectivity index (χ0n) is 14.3. The number of nitrogens with one attached hydrogen (secondary N) is 1. The second kappa shape index (κ2) is 6.24. The van der Waals surface area contributed by atoms with Crippen LogP contribution >= 0.6 is 0 Å². The van der Waals surface area contributed by atoms with Crippen LogP contribution in [0.25, 0.3) is 0 Å². The highest BCUT2D eigenvalue weighted by Crippen LogP contribution is 2.27. The number of esters is 1. The quantitative estimate of drug-likeness (QED) is 0.517. The van der Waals surface area contributed by atoms with Crippen molar-refractivity contribution in [1.29, 1.82) is 0 Å². The first-order chi connectivity index (χ1) is 10.3. The first-order valence-corrected chi connectivity index (χ1v) is 7.91. The predicted octanol–water partition coefficient (Wildman–Crippen LogP) is 2.62. The average molecular weight is 307 g/mol. The molecule has 0 saturated heterocycles. The number of Topliss-reactive ketones (excluding diaryl/α,β-unsaturated/α-hetero) is 1. The van der Waals surface area contributed by atoms with Gasteiger partial charge in [0, 0.05) is 5.69 Å². The monoisotopic (exact) mass is 307 g/mol. The molecule has 0 aliphatic heterocycles. The average Bonchev–Trinajstić information content (AvgIpc) is 3.06. The Hall–Kier alpha value is -1.62. The SMILES string of the molecule is COC(=O)c1c(C)[nH]c(C(=O)C[N+](C)(C)C2CCCC2)c1C. The van der Waals surface area contributed by atoms with E-state index in [1.807, 2.05) is 0 Å². The van der Waals surface area contributed by atoms with Gasteiger partial charge in [0.2, 0.25) is 5.78 Å². The molecule has 5 nitrogen and oxygen atoms in total. The fourth-order valence-electron chi connectivity index (χ4n) is 3.62. The summed E-state index contributed by atoms with van der Waals surface area (Å²) in [6.07, 6.45) is 4.90. The molecule has 1 N–H and O–H groups in total. The number of ether oxygens (including phenoxy) is 1. The van der Waals surface area contributed by atoms with E-state index in [-0.39, 0.29) is 5.78 Å². The number of ketones is 1. The summed E-state index contributed by atoms with van der Waals surface area (Å²) in [6.45, 7) is 4.05. The highest BCUT2D eigenvalue weighted by molar-refractivity contribution is 6.02. The Balaban J connectivity index is 2.21. The van der Waals surface area contributed by atoms with Crippen LogP contribution in [-0.4, -0.2) is 55.0 Å². The summed E-state index contributed by atoms with van der Waals surface area (Å²) in [5.74, 6) is -0.331. The number of carbonyl (C=O) groups excluding carboxylic acids is 2. The standard InChI is InChI=1S/C17H26N2O3/c1-11-15(17(21)22-5)12(2)18-16(11)14(20)10-19(3,4)13-8-6-7-9-13/h13H,6-10H2,1-5H3/p+1. The molecule has 1 heterocycles. The number of carbonyl (C=O) groups is 2. The van der Waals surface area contributed by atoms with Gasteiger partial charge in [0.1, 0.15) is 6.54 Å². The van der Waals surface area contributed by atoms with Crippen molar-refractivity contribution >= 4 is 11.8 Å². The number of methoxy groups -OCH3 is 1. The second-order valence-electron chi connectivity index (χ2n) is 6.91. The van der Waals surface area contributed by atoms with E-state index in [1.165, 1.54) is 32.8 Å². The fraction of sp³-hybridized carbons (Fsp3) is 0.647. The fourth-order valence-corrected chi connectivity index (χ4v) is 3.62. The van der Waals surface area contributed by atoms with E-state index in [4.69, 9.17) is 4.74 Å². The Morgan fingerprint density at radius 3 is 2.36 bits per heavy atom. The van der Waals surface area contributed by atoms with E-state index in [0.717, 1.165) is 0 Å². The molecule has 1 aromatic heterocycles. The van der Waals surface area contributed by atoms with Crippen LogP contribution in [0, 0.1) is 13.8 Å². The summed E-state index contributed by atoms with van der Waals surface area (Å²) in [4.78, 5) is 27.6. The Labute approximate surface area is 132 Å². The van der Waals surface area contributed by atoms with Gasteiger partial charge in [-0.2, -0.15) is 0 Å². The number of rotatable bonds is 5. The Kier molecular flexibility index (Phi) is 4.75. The highest BCUT2D eigenvalue weighted by atomic mass is 16.5. The third-order valence-electron chi connectivity index (χ3n) is 4.97. The van der Waals surface area contributed by atoms with Crippen LogP contribution in [0.3, 0.4) is 0 Å². The van der Waals surface area contributed by atoms with E-state index in [9.17, 15) is 9.59 Å². The predicted molar refractivity (Wildman–Crippen MR) is 85.2 cm³/mol. The molecular formula is C17H27N2O3+. The van der Waals surface area contributed by atoms with Gasteiger partial charge in [-0.25, -0.2) is 4.79 Å². The van der Waals surface area contributed by atoms with Gasteiger partial charge in [-0.05, 0) is 45.1 Å². The van der Waals surface area contributed by atoms with Crippen LogP contribution in [-0.2, 0) is 4.74 Å². The number of quaternary nitrogens is 1. The zero-order chi connectivity index (χ0) is 16.5. The van der Waals surface area contributed by atoms with E-state index in [2.05, 4.69) is 19.1 Å². The molecular weight excluding hydrogens is 280 g/mol. The van der Waals surface area contributed by atoms with Gasteiger partial charge in [0.15, 0.2) is 0 Å². The van der Waals surface area contributed by atoms with Gasteiger partial charge in [-0.3, -0.25) is 4.79 Å². The van der Waals surface area contributed by atoms with Gasteiger partial charge in [-0.15, -0.1) is 0 Å². The maximum atomic E-state index is 12.7. The molecule has 1 aliphatic carbocycles. The van der Waals surface area contributed by atoms with Crippen LogP contribution in [0.15, 0.2) is 0 Å². The molecule has 0 radical (unpaired) electrons. The van der Waals surface area contributed by atoms with Crippen molar-refractivity contribution in [2.75, 3.05) is 27.7 Å². The normalized spacial score (nSPS) is 16.0. The van der Waals surface area contributed by atoms with Crippen LogP contribution in [0.1, 0.15) is 57.8 Å². The number of likely N-dealkylation sites (N-methyl/N-ethyl adjacent to an activating group) is 1. The summed E-state index contributed by atoms with van der Waals surface area (Å²) >= 11 is 0. The number of hydrogen-bond acceptors (Lipinski definition) is 3. The summed E-state index contributed by atoms with van der Waals surface area (Å²) in [5.41, 5.74) is 2.42. The van der Waals surface area contributed by atoms with Gasteiger partial charge in [-0.1, -0.05) is 0 Å². The number of H-pyrrole nitrogens is 1. The van der Waals surface area contributed by atoms with Crippen molar-refractivity contribution in [2.24, 2.45) is 0 Å². The lowest BCUT2D eigenvalue weighted by atomic mass is 10.1.